The van der Waals surface area contributed by atoms with Gasteiger partial charge in [0, 0.05) is 16.6 Å². The molecule has 2 heterocycles. The second kappa shape index (κ2) is 12.4. The average molecular weight is 573 g/mol. The number of hydrogen-bond acceptors (Lipinski definition) is 3. The Bertz CT molecular complexity index is 1760. The molecule has 0 atom stereocenters. The van der Waals surface area contributed by atoms with Crippen molar-refractivity contribution in [1.29, 1.82) is 0 Å². The van der Waals surface area contributed by atoms with Crippen LogP contribution in [0.5, 0.6) is 0 Å². The lowest BCUT2D eigenvalue weighted by Gasteiger charge is -2.41. The van der Waals surface area contributed by atoms with Gasteiger partial charge in [-0.05, 0) is 83.0 Å². The van der Waals surface area contributed by atoms with Crippen molar-refractivity contribution >= 4 is 37.7 Å². The summed E-state index contributed by atoms with van der Waals surface area (Å²) >= 11 is 0. The first-order chi connectivity index (χ1) is 20.2. The molecule has 5 rings (SSSR count). The number of aromatic nitrogens is 2. The summed E-state index contributed by atoms with van der Waals surface area (Å²) < 4.78 is 6.06. The maximum atomic E-state index is 6.06. The first kappa shape index (κ1) is 29.3. The number of fused-ring (bicyclic) bond motifs is 3. The number of allylic oxidation sites excluding steroid dienone is 7. The molecule has 0 bridgehead atoms. The molecule has 2 aromatic heterocycles. The zero-order valence-corrected chi connectivity index (χ0v) is 26.3. The molecular formula is C38H40N2OS. The van der Waals surface area contributed by atoms with Crippen LogP contribution < -0.4 is 0 Å². The van der Waals surface area contributed by atoms with Crippen LogP contribution in [0, 0.1) is 0 Å². The third-order valence-corrected chi connectivity index (χ3v) is 11.6. The van der Waals surface area contributed by atoms with Crippen molar-refractivity contribution in [3.63, 3.8) is 0 Å². The molecule has 0 amide bonds. The molecule has 214 valence electrons. The molecule has 0 radical (unpaired) electrons. The second-order valence-electron chi connectivity index (χ2n) is 11.6. The van der Waals surface area contributed by atoms with Gasteiger partial charge < -0.3 is 4.42 Å². The predicted octanol–water partition coefficient (Wildman–Crippen LogP) is 11.0. The zero-order chi connectivity index (χ0) is 29.7. The maximum Gasteiger partial charge on any atom is 0.172 e. The van der Waals surface area contributed by atoms with Crippen molar-refractivity contribution < 1.29 is 4.42 Å². The summed E-state index contributed by atoms with van der Waals surface area (Å²) in [5, 5.41) is 1.02. The molecule has 0 saturated carbocycles. The van der Waals surface area contributed by atoms with E-state index in [1.807, 2.05) is 6.07 Å². The molecule has 0 aliphatic carbocycles. The van der Waals surface area contributed by atoms with Crippen LogP contribution >= 0.6 is 10.0 Å². The smallest absolute Gasteiger partial charge is 0.172 e. The fraction of sp³-hybridized carbons (Fsp3) is 0.211. The molecule has 0 saturated heterocycles. The van der Waals surface area contributed by atoms with Gasteiger partial charge in [0.2, 0.25) is 0 Å². The second-order valence-corrected chi connectivity index (χ2v) is 15.0. The Labute approximate surface area is 251 Å². The van der Waals surface area contributed by atoms with E-state index in [4.69, 9.17) is 9.40 Å². The number of furan rings is 1. The molecular weight excluding hydrogens is 532 g/mol. The molecule has 0 aliphatic heterocycles. The van der Waals surface area contributed by atoms with E-state index in [0.717, 1.165) is 39.2 Å². The van der Waals surface area contributed by atoms with Crippen LogP contribution in [0.1, 0.15) is 52.9 Å². The predicted molar refractivity (Wildman–Crippen MR) is 181 cm³/mol. The number of benzene rings is 3. The molecule has 5 aromatic rings. The molecule has 0 fully saturated rings. The van der Waals surface area contributed by atoms with Gasteiger partial charge in [-0.15, -0.1) is 0 Å². The van der Waals surface area contributed by atoms with E-state index in [9.17, 15) is 0 Å². The van der Waals surface area contributed by atoms with E-state index in [2.05, 4.69) is 156 Å². The van der Waals surface area contributed by atoms with Gasteiger partial charge >= 0.3 is 0 Å². The first-order valence-electron chi connectivity index (χ1n) is 14.5. The monoisotopic (exact) mass is 572 g/mol. The minimum absolute atomic E-state index is 0.132. The van der Waals surface area contributed by atoms with Gasteiger partial charge in [-0.1, -0.05) is 99.7 Å². The molecule has 0 N–H and O–H groups in total. The van der Waals surface area contributed by atoms with Crippen LogP contribution in [0.4, 0.5) is 0 Å². The highest BCUT2D eigenvalue weighted by molar-refractivity contribution is 8.37. The van der Waals surface area contributed by atoms with Crippen molar-refractivity contribution in [3.05, 3.63) is 138 Å². The van der Waals surface area contributed by atoms with Gasteiger partial charge in [0.1, 0.15) is 16.9 Å². The Kier molecular flexibility index (Phi) is 8.65. The molecule has 3 nitrogen and oxygen atoms in total. The first-order valence-corrected chi connectivity index (χ1v) is 16.3. The summed E-state index contributed by atoms with van der Waals surface area (Å²) in [7, 11) is -1.46. The van der Waals surface area contributed by atoms with Crippen molar-refractivity contribution in [1.82, 2.24) is 9.97 Å². The highest BCUT2D eigenvalue weighted by Gasteiger charge is 2.29. The van der Waals surface area contributed by atoms with Gasteiger partial charge in [-0.25, -0.2) is 9.97 Å². The standard InChI is InChI=1S/C38H40N2OS/c1-7-8-18-29(3)42(31-19-11-9-12-20-31,32-21-13-10-14-22-32)25-16-15-17-28(2)30-23-24-34-33(26-30)36-35(41-34)27-39-37(40-36)38(4,5)6/h7-24,26-27H,25H2,1-6H3/b8-7-,16-15-,28-17+,29-18+. The summed E-state index contributed by atoms with van der Waals surface area (Å²) in [4.78, 5) is 13.6. The summed E-state index contributed by atoms with van der Waals surface area (Å²) in [6.45, 7) is 12.9. The molecule has 42 heavy (non-hydrogen) atoms. The fourth-order valence-electron chi connectivity index (χ4n) is 5.16. The van der Waals surface area contributed by atoms with Crippen LogP contribution in [-0.4, -0.2) is 15.7 Å². The minimum Gasteiger partial charge on any atom is -0.453 e. The highest BCUT2D eigenvalue weighted by atomic mass is 32.3. The molecule has 0 aliphatic rings. The summed E-state index contributed by atoms with van der Waals surface area (Å²) in [5.41, 5.74) is 4.64. The summed E-state index contributed by atoms with van der Waals surface area (Å²) in [5.74, 6) is 1.74. The van der Waals surface area contributed by atoms with Crippen molar-refractivity contribution in [2.45, 2.75) is 56.7 Å². The van der Waals surface area contributed by atoms with E-state index in [0.29, 0.717) is 0 Å². The minimum atomic E-state index is -1.46. The van der Waals surface area contributed by atoms with Crippen LogP contribution in [0.15, 0.2) is 141 Å². The highest BCUT2D eigenvalue weighted by Crippen LogP contribution is 2.68. The van der Waals surface area contributed by atoms with Crippen LogP contribution in [0.3, 0.4) is 0 Å². The van der Waals surface area contributed by atoms with Gasteiger partial charge in [-0.2, -0.15) is 10.0 Å². The molecule has 4 heteroatoms. The van der Waals surface area contributed by atoms with E-state index in [1.165, 1.54) is 20.3 Å². The van der Waals surface area contributed by atoms with Gasteiger partial charge in [-0.3, -0.25) is 0 Å². The van der Waals surface area contributed by atoms with Crippen molar-refractivity contribution in [2.24, 2.45) is 0 Å². The van der Waals surface area contributed by atoms with Crippen LogP contribution in [0.2, 0.25) is 0 Å². The summed E-state index contributed by atoms with van der Waals surface area (Å²) in [6.07, 6.45) is 15.1. The Hall–Kier alpha value is -4.15. The largest absolute Gasteiger partial charge is 0.453 e. The third-order valence-electron chi connectivity index (χ3n) is 7.53. The lowest BCUT2D eigenvalue weighted by Crippen LogP contribution is -2.15. The van der Waals surface area contributed by atoms with E-state index in [-0.39, 0.29) is 5.41 Å². The average Bonchev–Trinajstić information content (AvgIpc) is 3.37. The third kappa shape index (κ3) is 5.91. The summed E-state index contributed by atoms with van der Waals surface area (Å²) in [6, 6.07) is 28.3. The lowest BCUT2D eigenvalue weighted by molar-refractivity contribution is 0.546. The Morgan fingerprint density at radius 1 is 0.833 bits per heavy atom. The normalized spacial score (nSPS) is 14.0. The maximum absolute atomic E-state index is 6.06. The van der Waals surface area contributed by atoms with Crippen LogP contribution in [0.25, 0.3) is 27.6 Å². The van der Waals surface area contributed by atoms with Crippen molar-refractivity contribution in [2.75, 3.05) is 5.75 Å². The Morgan fingerprint density at radius 2 is 1.50 bits per heavy atom. The van der Waals surface area contributed by atoms with E-state index >= 15 is 0 Å². The molecule has 0 unspecified atom stereocenters. The quantitative estimate of drug-likeness (QED) is 0.174. The molecule has 3 aromatic carbocycles. The Balaban J connectivity index is 1.51. The fourth-order valence-corrected chi connectivity index (χ4v) is 8.78. The number of rotatable bonds is 8. The number of nitrogens with zero attached hydrogens (tertiary/aromatic N) is 2. The number of hydrogen-bond donors (Lipinski definition) is 0. The zero-order valence-electron chi connectivity index (χ0n) is 25.5. The van der Waals surface area contributed by atoms with Crippen LogP contribution in [-0.2, 0) is 5.41 Å². The van der Waals surface area contributed by atoms with Gasteiger partial charge in [0.05, 0.1) is 6.20 Å². The SMILES string of the molecule is C/C=C\C=C(/C)S(C/C=C\C=C(/C)c1ccc2oc3cnc(C(C)(C)C)nc3c2c1)(c1ccccc1)c1ccccc1. The Morgan fingerprint density at radius 3 is 2.12 bits per heavy atom. The van der Waals surface area contributed by atoms with Gasteiger partial charge in [0.25, 0.3) is 0 Å². The molecule has 0 spiro atoms. The van der Waals surface area contributed by atoms with Gasteiger partial charge in [0.15, 0.2) is 5.58 Å². The van der Waals surface area contributed by atoms with E-state index < -0.39 is 10.0 Å². The van der Waals surface area contributed by atoms with Crippen molar-refractivity contribution in [3.8, 4) is 0 Å². The topological polar surface area (TPSA) is 38.9 Å². The van der Waals surface area contributed by atoms with E-state index in [1.54, 1.807) is 6.20 Å². The lowest BCUT2D eigenvalue weighted by atomic mass is 9.95.